The summed E-state index contributed by atoms with van der Waals surface area (Å²) in [6.07, 6.45) is 48.0. The van der Waals surface area contributed by atoms with Crippen molar-refractivity contribution in [2.24, 2.45) is 0 Å². The Morgan fingerprint density at radius 2 is 0.413 bits per heavy atom. The van der Waals surface area contributed by atoms with Gasteiger partial charge in [-0.1, -0.05) is 12.8 Å². The predicted octanol–water partition coefficient (Wildman–Crippen LogP) is 12.5. The second kappa shape index (κ2) is 32.4. The summed E-state index contributed by atoms with van der Waals surface area (Å²) >= 11 is 0. The Bertz CT molecular complexity index is 543. The Morgan fingerprint density at radius 1 is 0.283 bits per heavy atom. The van der Waals surface area contributed by atoms with Crippen LogP contribution in [0.4, 0.5) is 34.5 Å². The number of hydrogen-bond donors (Lipinski definition) is 0. The molecule has 0 nitrogen and oxygen atoms in total. The molecule has 0 N–H and O–H groups in total. The van der Waals surface area contributed by atoms with E-state index in [4.69, 9.17) is 0 Å². The van der Waals surface area contributed by atoms with Crippen molar-refractivity contribution in [3.63, 3.8) is 0 Å². The van der Waals surface area contributed by atoms with Gasteiger partial charge in [-0.05, 0) is 103 Å². The van der Waals surface area contributed by atoms with Gasteiger partial charge in [0.2, 0.25) is 0 Å². The van der Waals surface area contributed by atoms with Gasteiger partial charge in [-0.15, -0.1) is 0 Å². The van der Waals surface area contributed by atoms with Crippen molar-refractivity contribution in [1.29, 1.82) is 0 Å². The summed E-state index contributed by atoms with van der Waals surface area (Å²) in [5.74, 6) is 0. The molecule has 0 saturated carbocycles. The molecule has 4 heterocycles. The van der Waals surface area contributed by atoms with E-state index in [2.05, 4.69) is 0 Å². The molecule has 0 aromatic carbocycles. The standard InChI is InChI=1S/2C15H30P2.2Ag.2BF4/c2*1(2-4-10-16-12-6-7-13-16)3-5-11-17-14-8-9-15-17;;;2*2-1(3,4)5/h2*1-15H2;;;;/q;;2*+1;2*-1/p+4. The van der Waals surface area contributed by atoms with E-state index in [-0.39, 0.29) is 76.4 Å². The van der Waals surface area contributed by atoms with Crippen LogP contribution in [-0.4, -0.2) is 88.5 Å². The fourth-order valence-corrected chi connectivity index (χ4v) is 19.1. The zero-order valence-corrected chi connectivity index (χ0v) is 35.0. The zero-order valence-electron chi connectivity index (χ0n) is 28.0. The molecule has 4 aliphatic rings. The summed E-state index contributed by atoms with van der Waals surface area (Å²) < 4.78 is 78.0. The average molecular weight is 938 g/mol. The molecule has 16 heteroatoms. The molecule has 0 aromatic rings. The van der Waals surface area contributed by atoms with Crippen LogP contribution in [0.1, 0.15) is 116 Å². The third-order valence-electron chi connectivity index (χ3n) is 9.36. The summed E-state index contributed by atoms with van der Waals surface area (Å²) in [4.78, 5) is 0. The van der Waals surface area contributed by atoms with Gasteiger partial charge in [-0.3, -0.25) is 0 Å². The van der Waals surface area contributed by atoms with Crippen molar-refractivity contribution < 1.29 is 79.3 Å². The Hall–Kier alpha value is 2.77. The van der Waals surface area contributed by atoms with Crippen molar-refractivity contribution >= 4 is 46.2 Å². The first-order valence-electron chi connectivity index (χ1n) is 18.0. The van der Waals surface area contributed by atoms with Crippen LogP contribution in [0.2, 0.25) is 0 Å². The second-order valence-corrected chi connectivity index (χ2v) is 25.4. The molecule has 0 bridgehead atoms. The van der Waals surface area contributed by atoms with E-state index in [1.165, 1.54) is 0 Å². The van der Waals surface area contributed by atoms with Gasteiger partial charge in [0.25, 0.3) is 0 Å². The molecule has 4 fully saturated rings. The fourth-order valence-electron chi connectivity index (χ4n) is 7.06. The Balaban J connectivity index is 0. The Labute approximate surface area is 313 Å². The van der Waals surface area contributed by atoms with Gasteiger partial charge >= 0.3 is 59.3 Å². The van der Waals surface area contributed by atoms with Gasteiger partial charge in [-0.2, -0.15) is 0 Å². The van der Waals surface area contributed by atoms with Crippen molar-refractivity contribution in [1.82, 2.24) is 0 Å². The molecular formula is C30H64Ag2B2F8P4+4. The first-order valence-corrected chi connectivity index (χ1v) is 26.5. The number of halogens is 8. The summed E-state index contributed by atoms with van der Waals surface area (Å²) in [5, 5.41) is 0. The van der Waals surface area contributed by atoms with E-state index in [0.717, 1.165) is 0 Å². The van der Waals surface area contributed by atoms with Crippen LogP contribution < -0.4 is 0 Å². The minimum atomic E-state index is -6.00. The molecule has 0 radical (unpaired) electrons. The van der Waals surface area contributed by atoms with Gasteiger partial charge in [-0.25, -0.2) is 0 Å². The zero-order chi connectivity index (χ0) is 32.5. The Morgan fingerprint density at radius 3 is 0.565 bits per heavy atom. The molecule has 46 heavy (non-hydrogen) atoms. The largest absolute Gasteiger partial charge is 1.00 e. The molecular weight excluding hydrogens is 874 g/mol. The van der Waals surface area contributed by atoms with Crippen molar-refractivity contribution in [3.05, 3.63) is 0 Å². The maximum Gasteiger partial charge on any atom is 1.00 e. The molecule has 0 spiro atoms. The molecule has 284 valence electrons. The van der Waals surface area contributed by atoms with Gasteiger partial charge < -0.3 is 34.5 Å². The van der Waals surface area contributed by atoms with E-state index < -0.39 is 14.5 Å². The molecule has 4 rings (SSSR count). The maximum atomic E-state index is 9.75. The molecule has 4 saturated heterocycles. The molecule has 0 unspecified atom stereocenters. The van der Waals surface area contributed by atoms with E-state index in [1.54, 1.807) is 190 Å². The van der Waals surface area contributed by atoms with E-state index in [0.29, 0.717) is 0 Å². The number of hydrogen-bond acceptors (Lipinski definition) is 0. The maximum absolute atomic E-state index is 9.75. The normalized spacial score (nSPS) is 19.3. The minimum Gasteiger partial charge on any atom is -0.418 e. The summed E-state index contributed by atoms with van der Waals surface area (Å²) in [7, 11) is -11.2. The summed E-state index contributed by atoms with van der Waals surface area (Å²) in [6.45, 7) is 0. The average Bonchev–Trinajstić information content (AvgIpc) is 3.75. The van der Waals surface area contributed by atoms with Crippen LogP contribution >= 0.6 is 31.7 Å². The van der Waals surface area contributed by atoms with Crippen molar-refractivity contribution in [2.75, 3.05) is 73.9 Å². The van der Waals surface area contributed by atoms with Crippen molar-refractivity contribution in [3.8, 4) is 0 Å². The van der Waals surface area contributed by atoms with E-state index in [1.807, 2.05) is 0 Å². The Kier molecular flexibility index (Phi) is 35.9. The number of rotatable bonds is 16. The molecule has 0 atom stereocenters. The minimum absolute atomic E-state index is 0. The second-order valence-electron chi connectivity index (χ2n) is 13.4. The van der Waals surface area contributed by atoms with Crippen LogP contribution in [0.5, 0.6) is 0 Å². The smallest absolute Gasteiger partial charge is 0.418 e. The summed E-state index contributed by atoms with van der Waals surface area (Å²) in [6, 6.07) is 0. The van der Waals surface area contributed by atoms with Gasteiger partial charge in [0, 0.05) is 31.7 Å². The third-order valence-corrected chi connectivity index (χ3v) is 22.1. The van der Waals surface area contributed by atoms with Crippen LogP contribution in [-0.2, 0) is 44.8 Å². The first-order chi connectivity index (χ1) is 20.9. The van der Waals surface area contributed by atoms with Crippen LogP contribution in [0.25, 0.3) is 0 Å². The SMILES string of the molecule is C(CCC[PH+]1CCCC1)CCC[PH+]1CCCC1.C(CCC[PH+]1CCCC1)CCC[PH+]1CCCC1.F[B-](F)(F)F.F[B-](F)(F)F.[Ag+].[Ag+]. The van der Waals surface area contributed by atoms with Gasteiger partial charge in [0.1, 0.15) is 0 Å². The van der Waals surface area contributed by atoms with Gasteiger partial charge in [0.05, 0.1) is 73.9 Å². The van der Waals surface area contributed by atoms with Crippen molar-refractivity contribution in [2.45, 2.75) is 116 Å². The van der Waals surface area contributed by atoms with E-state index in [9.17, 15) is 34.5 Å². The monoisotopic (exact) mass is 936 g/mol. The quantitative estimate of drug-likeness (QED) is 0.0626. The summed E-state index contributed by atoms with van der Waals surface area (Å²) in [5.41, 5.74) is 0. The molecule has 0 amide bonds. The van der Waals surface area contributed by atoms with Crippen LogP contribution in [0.15, 0.2) is 0 Å². The van der Waals surface area contributed by atoms with Crippen LogP contribution in [0.3, 0.4) is 0 Å². The van der Waals surface area contributed by atoms with Crippen LogP contribution in [0, 0.1) is 0 Å². The molecule has 0 aliphatic carbocycles. The first kappa shape index (κ1) is 50.9. The fraction of sp³-hybridized carbons (Fsp3) is 1.00. The predicted molar refractivity (Wildman–Crippen MR) is 195 cm³/mol. The number of unbranched alkanes of at least 4 members (excludes halogenated alkanes) is 8. The topological polar surface area (TPSA) is 0 Å². The van der Waals surface area contributed by atoms with E-state index >= 15 is 0 Å². The third kappa shape index (κ3) is 38.0. The van der Waals surface area contributed by atoms with Gasteiger partial charge in [0.15, 0.2) is 0 Å². The molecule has 4 aliphatic heterocycles. The molecule has 0 aromatic heterocycles.